The van der Waals surface area contributed by atoms with Gasteiger partial charge in [0.2, 0.25) is 0 Å². The minimum Gasteiger partial charge on any atom is -0.255 e. The first-order valence-corrected chi connectivity index (χ1v) is 13.7. The highest BCUT2D eigenvalue weighted by Gasteiger charge is 2.41. The molecule has 1 heterocycles. The summed E-state index contributed by atoms with van der Waals surface area (Å²) in [5.74, 6) is 0. The van der Waals surface area contributed by atoms with Crippen molar-refractivity contribution in [2.75, 3.05) is 33.2 Å². The Morgan fingerprint density at radius 3 is 1.90 bits per heavy atom. The van der Waals surface area contributed by atoms with Crippen LogP contribution in [-0.4, -0.2) is 52.8 Å². The van der Waals surface area contributed by atoms with Gasteiger partial charge >= 0.3 is 0 Å². The van der Waals surface area contributed by atoms with Crippen LogP contribution in [0.5, 0.6) is 0 Å². The largest absolute Gasteiger partial charge is 0.255 e. The van der Waals surface area contributed by atoms with E-state index in [2.05, 4.69) is 101 Å². The lowest BCUT2D eigenvalue weighted by molar-refractivity contribution is 0.280. The molecule has 0 spiro atoms. The second-order valence-electron chi connectivity index (χ2n) is 8.76. The zero-order valence-electron chi connectivity index (χ0n) is 22.0. The summed E-state index contributed by atoms with van der Waals surface area (Å²) in [4.78, 5) is 0. The standard InChI is InChI=1S/C20H37N4P.C3H8.C2H6/c1-8-23(9-2)25(21-20(4,5)6)22(7)15-10-16-24(25)17-19-13-11-18(3)12-14-19;1-3-2;1-2/h11-14H,8-10,15-17H2,1-7H3;3H2,1-2H3;1-2H3. The molecule has 0 aromatic heterocycles. The first-order valence-electron chi connectivity index (χ1n) is 12.1. The third-order valence-corrected chi connectivity index (χ3v) is 9.17. The molecule has 1 aliphatic heterocycles. The summed E-state index contributed by atoms with van der Waals surface area (Å²) >= 11 is 0. The van der Waals surface area contributed by atoms with Gasteiger partial charge in [-0.3, -0.25) is 4.74 Å². The molecule has 1 aromatic carbocycles. The summed E-state index contributed by atoms with van der Waals surface area (Å²) in [6.07, 6.45) is 2.46. The minimum atomic E-state index is -1.88. The Morgan fingerprint density at radius 1 is 0.967 bits per heavy atom. The number of benzene rings is 1. The van der Waals surface area contributed by atoms with Crippen molar-refractivity contribution in [2.45, 2.75) is 94.2 Å². The van der Waals surface area contributed by atoms with Gasteiger partial charge in [-0.05, 0) is 46.7 Å². The maximum Gasteiger partial charge on any atom is 0.168 e. The molecule has 0 aliphatic carbocycles. The first-order chi connectivity index (χ1) is 14.1. The molecule has 0 radical (unpaired) electrons. The fourth-order valence-electron chi connectivity index (χ4n) is 3.65. The molecule has 0 amide bonds. The van der Waals surface area contributed by atoms with Crippen LogP contribution in [0.25, 0.3) is 0 Å². The topological polar surface area (TPSA) is 22.1 Å². The highest BCUT2D eigenvalue weighted by molar-refractivity contribution is 7.59. The van der Waals surface area contributed by atoms with Crippen molar-refractivity contribution in [1.29, 1.82) is 0 Å². The monoisotopic (exact) mass is 438 g/mol. The molecule has 1 aliphatic rings. The van der Waals surface area contributed by atoms with Gasteiger partial charge in [-0.1, -0.05) is 77.8 Å². The molecule has 176 valence electrons. The molecule has 1 aromatic rings. The Bertz CT molecular complexity index is 615. The summed E-state index contributed by atoms with van der Waals surface area (Å²) in [6, 6.07) is 9.00. The van der Waals surface area contributed by atoms with Crippen molar-refractivity contribution in [2.24, 2.45) is 4.74 Å². The first kappa shape index (κ1) is 29.3. The minimum absolute atomic E-state index is 0.0481. The highest BCUT2D eigenvalue weighted by atomic mass is 31.2. The molecule has 1 unspecified atom stereocenters. The zero-order valence-corrected chi connectivity index (χ0v) is 22.9. The summed E-state index contributed by atoms with van der Waals surface area (Å²) in [6.45, 7) is 27.0. The molecule has 30 heavy (non-hydrogen) atoms. The van der Waals surface area contributed by atoms with Gasteiger partial charge in [0, 0.05) is 32.7 Å². The van der Waals surface area contributed by atoms with Crippen molar-refractivity contribution >= 4 is 7.51 Å². The second-order valence-corrected chi connectivity index (χ2v) is 11.8. The van der Waals surface area contributed by atoms with E-state index in [1.54, 1.807) is 0 Å². The summed E-state index contributed by atoms with van der Waals surface area (Å²) in [5.41, 5.74) is 2.67. The van der Waals surface area contributed by atoms with E-state index in [-0.39, 0.29) is 5.54 Å². The molecule has 0 N–H and O–H groups in total. The summed E-state index contributed by atoms with van der Waals surface area (Å²) in [5, 5.41) is 0. The van der Waals surface area contributed by atoms with Gasteiger partial charge in [-0.25, -0.2) is 14.0 Å². The van der Waals surface area contributed by atoms with Crippen molar-refractivity contribution in [3.05, 3.63) is 35.4 Å². The van der Waals surface area contributed by atoms with Crippen LogP contribution in [0.15, 0.2) is 29.0 Å². The van der Waals surface area contributed by atoms with Crippen LogP contribution in [0.4, 0.5) is 0 Å². The molecule has 2 rings (SSSR count). The fourth-order valence-corrected chi connectivity index (χ4v) is 8.01. The Balaban J connectivity index is 0.00000154. The molecular weight excluding hydrogens is 387 g/mol. The van der Waals surface area contributed by atoms with Gasteiger partial charge in [0.15, 0.2) is 7.51 Å². The van der Waals surface area contributed by atoms with E-state index < -0.39 is 7.51 Å². The van der Waals surface area contributed by atoms with E-state index in [4.69, 9.17) is 4.74 Å². The normalized spacial score (nSPS) is 20.1. The Hall–Kier alpha value is -0.670. The second kappa shape index (κ2) is 14.4. The summed E-state index contributed by atoms with van der Waals surface area (Å²) < 4.78 is 13.4. The van der Waals surface area contributed by atoms with Crippen LogP contribution in [0.2, 0.25) is 0 Å². The lowest BCUT2D eigenvalue weighted by Gasteiger charge is -2.52. The van der Waals surface area contributed by atoms with E-state index in [1.807, 2.05) is 13.8 Å². The van der Waals surface area contributed by atoms with E-state index in [1.165, 1.54) is 24.0 Å². The van der Waals surface area contributed by atoms with E-state index in [0.717, 1.165) is 32.7 Å². The highest BCUT2D eigenvalue weighted by Crippen LogP contribution is 2.62. The number of rotatable bonds is 5. The zero-order chi connectivity index (χ0) is 23.4. The Kier molecular flexibility index (Phi) is 14.1. The SMILES string of the molecule is CC.CCC.CCN(CC)P1(=NC(C)(C)C)N(C)CCCN1Cc1ccc(C)cc1. The molecule has 1 fully saturated rings. The third-order valence-electron chi connectivity index (χ3n) is 4.76. The predicted octanol–water partition coefficient (Wildman–Crippen LogP) is 7.66. The predicted molar refractivity (Wildman–Crippen MR) is 138 cm³/mol. The number of hydrogen-bond donors (Lipinski definition) is 0. The lowest BCUT2D eigenvalue weighted by Crippen LogP contribution is -2.45. The smallest absolute Gasteiger partial charge is 0.168 e. The van der Waals surface area contributed by atoms with Gasteiger partial charge in [-0.15, -0.1) is 0 Å². The molecular formula is C25H51N4P. The molecule has 4 nitrogen and oxygen atoms in total. The molecule has 5 heteroatoms. The average Bonchev–Trinajstić information content (AvgIpc) is 2.69. The van der Waals surface area contributed by atoms with Crippen LogP contribution in [0.1, 0.15) is 86.3 Å². The number of hydrogen-bond acceptors (Lipinski definition) is 1. The summed E-state index contributed by atoms with van der Waals surface area (Å²) in [7, 11) is 0.405. The van der Waals surface area contributed by atoms with Crippen molar-refractivity contribution < 1.29 is 0 Å². The average molecular weight is 439 g/mol. The maximum absolute atomic E-state index is 5.51. The third kappa shape index (κ3) is 8.46. The van der Waals surface area contributed by atoms with Crippen molar-refractivity contribution in [1.82, 2.24) is 14.0 Å². The van der Waals surface area contributed by atoms with Crippen LogP contribution < -0.4 is 0 Å². The van der Waals surface area contributed by atoms with Gasteiger partial charge in [0.25, 0.3) is 0 Å². The van der Waals surface area contributed by atoms with E-state index in [0.29, 0.717) is 0 Å². The van der Waals surface area contributed by atoms with E-state index in [9.17, 15) is 0 Å². The lowest BCUT2D eigenvalue weighted by atomic mass is 10.1. The van der Waals surface area contributed by atoms with Gasteiger partial charge < -0.3 is 0 Å². The van der Waals surface area contributed by atoms with Gasteiger partial charge in [0.1, 0.15) is 0 Å². The number of nitrogens with zero attached hydrogens (tertiary/aromatic N) is 4. The molecule has 1 saturated heterocycles. The van der Waals surface area contributed by atoms with Crippen molar-refractivity contribution in [3.63, 3.8) is 0 Å². The Morgan fingerprint density at radius 2 is 1.47 bits per heavy atom. The molecule has 0 bridgehead atoms. The van der Waals surface area contributed by atoms with Crippen LogP contribution >= 0.6 is 7.51 Å². The van der Waals surface area contributed by atoms with E-state index >= 15 is 0 Å². The number of aryl methyl sites for hydroxylation is 1. The van der Waals surface area contributed by atoms with Gasteiger partial charge in [0.05, 0.1) is 5.54 Å². The molecule has 1 atom stereocenters. The quantitative estimate of drug-likeness (QED) is 0.440. The van der Waals surface area contributed by atoms with Crippen LogP contribution in [0.3, 0.4) is 0 Å². The van der Waals surface area contributed by atoms with Crippen LogP contribution in [0, 0.1) is 6.92 Å². The van der Waals surface area contributed by atoms with Gasteiger partial charge in [-0.2, -0.15) is 0 Å². The van der Waals surface area contributed by atoms with Crippen molar-refractivity contribution in [3.8, 4) is 0 Å². The fraction of sp³-hybridized carbons (Fsp3) is 0.760. The Labute approximate surface area is 189 Å². The maximum atomic E-state index is 5.51. The molecule has 0 saturated carbocycles. The van der Waals surface area contributed by atoms with Crippen LogP contribution in [-0.2, 0) is 6.54 Å².